The van der Waals surface area contributed by atoms with Crippen molar-refractivity contribution in [3.05, 3.63) is 29.3 Å². The van der Waals surface area contributed by atoms with E-state index in [1.807, 2.05) is 32.0 Å². The van der Waals surface area contributed by atoms with Gasteiger partial charge in [0.15, 0.2) is 5.96 Å². The van der Waals surface area contributed by atoms with Crippen LogP contribution >= 0.6 is 0 Å². The minimum absolute atomic E-state index is 0.0900. The molecule has 0 bridgehead atoms. The summed E-state index contributed by atoms with van der Waals surface area (Å²) in [6, 6.07) is 5.97. The molecule has 0 aliphatic heterocycles. The number of nitrogens with zero attached hydrogens (tertiary/aromatic N) is 1. The highest BCUT2D eigenvalue weighted by atomic mass is 32.2. The van der Waals surface area contributed by atoms with Crippen molar-refractivity contribution in [2.75, 3.05) is 24.2 Å². The fraction of sp³-hybridized carbons (Fsp3) is 0.500. The first-order valence-electron chi connectivity index (χ1n) is 6.95. The molecule has 0 saturated carbocycles. The van der Waals surface area contributed by atoms with Crippen LogP contribution in [-0.2, 0) is 10.0 Å². The molecule has 7 heteroatoms. The number of aliphatic imine (C=N–C) groups is 1. The van der Waals surface area contributed by atoms with Gasteiger partial charge in [-0.15, -0.1) is 0 Å². The first-order chi connectivity index (χ1) is 9.84. The van der Waals surface area contributed by atoms with Crippen molar-refractivity contribution in [3.63, 3.8) is 0 Å². The van der Waals surface area contributed by atoms with E-state index in [4.69, 9.17) is 5.73 Å². The van der Waals surface area contributed by atoms with Gasteiger partial charge in [0, 0.05) is 18.8 Å². The Morgan fingerprint density at radius 3 is 2.62 bits per heavy atom. The van der Waals surface area contributed by atoms with Crippen LogP contribution in [0.2, 0.25) is 0 Å². The van der Waals surface area contributed by atoms with Gasteiger partial charge in [-0.25, -0.2) is 13.1 Å². The van der Waals surface area contributed by atoms with Crippen molar-refractivity contribution in [2.24, 2.45) is 10.7 Å². The molecule has 0 atom stereocenters. The lowest BCUT2D eigenvalue weighted by Gasteiger charge is -2.08. The number of aryl methyl sites for hydroxylation is 2. The Balaban J connectivity index is 2.38. The molecule has 1 aromatic rings. The molecule has 0 saturated heterocycles. The molecule has 21 heavy (non-hydrogen) atoms. The zero-order valence-electron chi connectivity index (χ0n) is 12.8. The van der Waals surface area contributed by atoms with Gasteiger partial charge in [0.25, 0.3) is 0 Å². The van der Waals surface area contributed by atoms with Gasteiger partial charge >= 0.3 is 0 Å². The summed E-state index contributed by atoms with van der Waals surface area (Å²) < 4.78 is 24.9. The molecule has 0 fully saturated rings. The van der Waals surface area contributed by atoms with Crippen molar-refractivity contribution < 1.29 is 8.42 Å². The number of nitrogens with two attached hydrogens (primary N) is 1. The smallest absolute Gasteiger partial charge is 0.211 e. The van der Waals surface area contributed by atoms with Crippen molar-refractivity contribution in [3.8, 4) is 0 Å². The van der Waals surface area contributed by atoms with E-state index < -0.39 is 10.0 Å². The van der Waals surface area contributed by atoms with Gasteiger partial charge in [0.05, 0.1) is 5.75 Å². The third kappa shape index (κ3) is 6.59. The number of nitrogens with one attached hydrogen (secondary N) is 2. The average molecular weight is 312 g/mol. The molecule has 6 nitrogen and oxygen atoms in total. The monoisotopic (exact) mass is 312 g/mol. The number of benzene rings is 1. The van der Waals surface area contributed by atoms with E-state index in [2.05, 4.69) is 15.0 Å². The quantitative estimate of drug-likeness (QED) is 0.402. The molecule has 0 aromatic heterocycles. The van der Waals surface area contributed by atoms with Crippen LogP contribution in [0, 0.1) is 13.8 Å². The summed E-state index contributed by atoms with van der Waals surface area (Å²) >= 11 is 0. The number of rotatable bonds is 7. The SMILES string of the molecule is CCS(=O)(=O)NCCCN=C(N)Nc1ccc(C)c(C)c1. The summed E-state index contributed by atoms with van der Waals surface area (Å²) in [5.41, 5.74) is 9.09. The fourth-order valence-electron chi connectivity index (χ4n) is 1.61. The van der Waals surface area contributed by atoms with Crippen LogP contribution in [-0.4, -0.2) is 33.2 Å². The van der Waals surface area contributed by atoms with E-state index in [0.717, 1.165) is 5.69 Å². The Kier molecular flexibility index (Phi) is 6.64. The predicted molar refractivity (Wildman–Crippen MR) is 88.1 cm³/mol. The summed E-state index contributed by atoms with van der Waals surface area (Å²) in [7, 11) is -3.12. The number of hydrogen-bond donors (Lipinski definition) is 3. The standard InChI is InChI=1S/C14H24N4O2S/c1-4-21(19,20)17-9-5-8-16-14(15)18-13-7-6-11(2)12(3)10-13/h6-7,10,17H,4-5,8-9H2,1-3H3,(H3,15,16,18). The zero-order valence-corrected chi connectivity index (χ0v) is 13.6. The maximum atomic E-state index is 11.2. The lowest BCUT2D eigenvalue weighted by atomic mass is 10.1. The first-order valence-corrected chi connectivity index (χ1v) is 8.61. The van der Waals surface area contributed by atoms with Gasteiger partial charge in [-0.05, 0) is 50.5 Å². The Morgan fingerprint density at radius 1 is 1.29 bits per heavy atom. The van der Waals surface area contributed by atoms with Gasteiger partial charge in [0.1, 0.15) is 0 Å². The summed E-state index contributed by atoms with van der Waals surface area (Å²) in [4.78, 5) is 4.17. The molecule has 0 radical (unpaired) electrons. The van der Waals surface area contributed by atoms with E-state index in [1.165, 1.54) is 11.1 Å². The van der Waals surface area contributed by atoms with Crippen molar-refractivity contribution in [1.82, 2.24) is 4.72 Å². The van der Waals surface area contributed by atoms with Crippen LogP contribution in [0.3, 0.4) is 0 Å². The summed E-state index contributed by atoms with van der Waals surface area (Å²) in [6.45, 7) is 6.53. The minimum Gasteiger partial charge on any atom is -0.370 e. The van der Waals surface area contributed by atoms with Gasteiger partial charge in [-0.2, -0.15) is 0 Å². The maximum Gasteiger partial charge on any atom is 0.211 e. The molecule has 118 valence electrons. The van der Waals surface area contributed by atoms with Crippen LogP contribution in [0.25, 0.3) is 0 Å². The molecule has 0 spiro atoms. The molecule has 4 N–H and O–H groups in total. The van der Waals surface area contributed by atoms with E-state index in [0.29, 0.717) is 25.5 Å². The largest absolute Gasteiger partial charge is 0.370 e. The highest BCUT2D eigenvalue weighted by Crippen LogP contribution is 2.13. The third-order valence-electron chi connectivity index (χ3n) is 3.10. The van der Waals surface area contributed by atoms with Crippen LogP contribution in [0.15, 0.2) is 23.2 Å². The lowest BCUT2D eigenvalue weighted by Crippen LogP contribution is -2.27. The third-order valence-corrected chi connectivity index (χ3v) is 4.50. The van der Waals surface area contributed by atoms with E-state index in [1.54, 1.807) is 6.92 Å². The molecule has 1 aromatic carbocycles. The molecule has 1 rings (SSSR count). The van der Waals surface area contributed by atoms with Gasteiger partial charge in [-0.1, -0.05) is 6.07 Å². The molecule has 0 unspecified atom stereocenters. The van der Waals surface area contributed by atoms with Crippen LogP contribution in [0.4, 0.5) is 5.69 Å². The predicted octanol–water partition coefficient (Wildman–Crippen LogP) is 1.36. The number of guanidine groups is 1. The second kappa shape index (κ2) is 7.99. The van der Waals surface area contributed by atoms with Gasteiger partial charge in [-0.3, -0.25) is 4.99 Å². The molecular weight excluding hydrogens is 288 g/mol. The van der Waals surface area contributed by atoms with Crippen molar-refractivity contribution in [2.45, 2.75) is 27.2 Å². The summed E-state index contributed by atoms with van der Waals surface area (Å²) in [5.74, 6) is 0.420. The molecule has 0 aliphatic carbocycles. The highest BCUT2D eigenvalue weighted by molar-refractivity contribution is 7.89. The molecular formula is C14H24N4O2S. The van der Waals surface area contributed by atoms with Gasteiger partial charge < -0.3 is 11.1 Å². The zero-order chi connectivity index (χ0) is 15.9. The Labute approximate surface area is 126 Å². The highest BCUT2D eigenvalue weighted by Gasteiger charge is 2.04. The number of hydrogen-bond acceptors (Lipinski definition) is 3. The van der Waals surface area contributed by atoms with Gasteiger partial charge in [0.2, 0.25) is 10.0 Å². The molecule has 0 heterocycles. The minimum atomic E-state index is -3.12. The Hall–Kier alpha value is -1.60. The molecule has 0 aliphatic rings. The van der Waals surface area contributed by atoms with Crippen molar-refractivity contribution in [1.29, 1.82) is 0 Å². The maximum absolute atomic E-state index is 11.2. The first kappa shape index (κ1) is 17.5. The van der Waals surface area contributed by atoms with E-state index in [9.17, 15) is 8.42 Å². The fourth-order valence-corrected chi connectivity index (χ4v) is 2.27. The topological polar surface area (TPSA) is 96.6 Å². The average Bonchev–Trinajstić information content (AvgIpc) is 2.42. The van der Waals surface area contributed by atoms with Crippen LogP contribution < -0.4 is 15.8 Å². The van der Waals surface area contributed by atoms with E-state index >= 15 is 0 Å². The van der Waals surface area contributed by atoms with Crippen LogP contribution in [0.1, 0.15) is 24.5 Å². The number of sulfonamides is 1. The summed E-state index contributed by atoms with van der Waals surface area (Å²) in [6.07, 6.45) is 0.606. The Morgan fingerprint density at radius 2 is 2.00 bits per heavy atom. The van der Waals surface area contributed by atoms with E-state index in [-0.39, 0.29) is 5.75 Å². The second-order valence-electron chi connectivity index (χ2n) is 4.84. The number of anilines is 1. The van der Waals surface area contributed by atoms with Crippen LogP contribution in [0.5, 0.6) is 0 Å². The summed E-state index contributed by atoms with van der Waals surface area (Å²) in [5, 5.41) is 3.02. The molecule has 0 amide bonds. The normalized spacial score (nSPS) is 12.4. The Bertz CT molecular complexity index is 597. The second-order valence-corrected chi connectivity index (χ2v) is 6.94. The lowest BCUT2D eigenvalue weighted by molar-refractivity contribution is 0.581. The van der Waals surface area contributed by atoms with Crippen molar-refractivity contribution >= 4 is 21.7 Å².